The molecule has 1 unspecified atom stereocenters. The van der Waals surface area contributed by atoms with Crippen molar-refractivity contribution in [2.24, 2.45) is 5.92 Å². The van der Waals surface area contributed by atoms with Gasteiger partial charge in [-0.15, -0.1) is 11.6 Å². The molecule has 0 heterocycles. The van der Waals surface area contributed by atoms with Crippen LogP contribution in [0.15, 0.2) is 24.3 Å². The molecular formula is C13H20ClN. The molecule has 0 amide bonds. The van der Waals surface area contributed by atoms with E-state index in [9.17, 15) is 0 Å². The molecule has 0 saturated heterocycles. The monoisotopic (exact) mass is 225 g/mol. The van der Waals surface area contributed by atoms with Gasteiger partial charge in [-0.25, -0.2) is 0 Å². The fourth-order valence-electron chi connectivity index (χ4n) is 1.61. The lowest BCUT2D eigenvalue weighted by molar-refractivity contribution is 0.645. The zero-order chi connectivity index (χ0) is 11.3. The second-order valence-corrected chi connectivity index (χ2v) is 4.47. The van der Waals surface area contributed by atoms with E-state index in [1.807, 2.05) is 0 Å². The van der Waals surface area contributed by atoms with Crippen molar-refractivity contribution in [3.8, 4) is 0 Å². The molecule has 2 heteroatoms. The number of rotatable bonds is 5. The van der Waals surface area contributed by atoms with Crippen molar-refractivity contribution in [2.45, 2.75) is 20.3 Å². The fraction of sp³-hybridized carbons (Fsp3) is 0.538. The van der Waals surface area contributed by atoms with Gasteiger partial charge in [-0.2, -0.15) is 0 Å². The standard InChI is InChI=1S/C13H20ClN/c1-4-12-5-7-13(8-6-12)15(3)10-11(2)9-14/h5-8,11H,4,9-10H2,1-3H3. The van der Waals surface area contributed by atoms with Crippen LogP contribution in [0.3, 0.4) is 0 Å². The van der Waals surface area contributed by atoms with E-state index in [2.05, 4.69) is 50.1 Å². The highest BCUT2D eigenvalue weighted by molar-refractivity contribution is 6.18. The minimum Gasteiger partial charge on any atom is -0.374 e. The maximum atomic E-state index is 5.80. The predicted molar refractivity (Wildman–Crippen MR) is 69.0 cm³/mol. The predicted octanol–water partition coefficient (Wildman–Crippen LogP) is 3.56. The average molecular weight is 226 g/mol. The summed E-state index contributed by atoms with van der Waals surface area (Å²) in [6.07, 6.45) is 1.10. The summed E-state index contributed by atoms with van der Waals surface area (Å²) in [6.45, 7) is 5.35. The summed E-state index contributed by atoms with van der Waals surface area (Å²) < 4.78 is 0. The van der Waals surface area contributed by atoms with E-state index in [0.29, 0.717) is 5.92 Å². The quantitative estimate of drug-likeness (QED) is 0.693. The molecule has 84 valence electrons. The van der Waals surface area contributed by atoms with E-state index in [1.165, 1.54) is 11.3 Å². The van der Waals surface area contributed by atoms with Crippen molar-refractivity contribution in [1.82, 2.24) is 0 Å². The first-order valence-electron chi connectivity index (χ1n) is 5.53. The van der Waals surface area contributed by atoms with E-state index in [4.69, 9.17) is 11.6 Å². The minimum atomic E-state index is 0.530. The molecule has 1 rings (SSSR count). The summed E-state index contributed by atoms with van der Waals surface area (Å²) >= 11 is 5.80. The Balaban J connectivity index is 2.61. The average Bonchev–Trinajstić information content (AvgIpc) is 2.29. The normalized spacial score (nSPS) is 12.5. The number of anilines is 1. The van der Waals surface area contributed by atoms with Gasteiger partial charge in [0.25, 0.3) is 0 Å². The van der Waals surface area contributed by atoms with Gasteiger partial charge < -0.3 is 4.90 Å². The molecule has 0 saturated carbocycles. The molecule has 0 aliphatic heterocycles. The van der Waals surface area contributed by atoms with E-state index >= 15 is 0 Å². The van der Waals surface area contributed by atoms with Crippen LogP contribution in [-0.4, -0.2) is 19.5 Å². The van der Waals surface area contributed by atoms with Crippen LogP contribution in [-0.2, 0) is 6.42 Å². The lowest BCUT2D eigenvalue weighted by Gasteiger charge is -2.22. The lowest BCUT2D eigenvalue weighted by Crippen LogP contribution is -2.24. The van der Waals surface area contributed by atoms with E-state index in [0.717, 1.165) is 18.8 Å². The Morgan fingerprint density at radius 3 is 2.33 bits per heavy atom. The largest absolute Gasteiger partial charge is 0.374 e. The molecule has 0 aliphatic carbocycles. The summed E-state index contributed by atoms with van der Waals surface area (Å²) in [6, 6.07) is 8.74. The third-order valence-electron chi connectivity index (χ3n) is 2.63. The smallest absolute Gasteiger partial charge is 0.0363 e. The van der Waals surface area contributed by atoms with Gasteiger partial charge in [-0.1, -0.05) is 26.0 Å². The molecule has 0 fully saturated rings. The molecule has 1 aromatic rings. The Bertz CT molecular complexity index is 281. The van der Waals surface area contributed by atoms with E-state index < -0.39 is 0 Å². The number of aryl methyl sites for hydroxylation is 1. The molecule has 0 spiro atoms. The summed E-state index contributed by atoms with van der Waals surface area (Å²) in [4.78, 5) is 2.26. The Labute approximate surface area is 98.0 Å². The van der Waals surface area contributed by atoms with Crippen molar-refractivity contribution in [1.29, 1.82) is 0 Å². The third kappa shape index (κ3) is 3.75. The first-order chi connectivity index (χ1) is 7.17. The van der Waals surface area contributed by atoms with E-state index in [-0.39, 0.29) is 0 Å². The van der Waals surface area contributed by atoms with Crippen LogP contribution in [0.4, 0.5) is 5.69 Å². The highest BCUT2D eigenvalue weighted by Crippen LogP contribution is 2.15. The van der Waals surface area contributed by atoms with Crippen LogP contribution in [0.2, 0.25) is 0 Å². The topological polar surface area (TPSA) is 3.24 Å². The number of benzene rings is 1. The number of alkyl halides is 1. The highest BCUT2D eigenvalue weighted by atomic mass is 35.5. The van der Waals surface area contributed by atoms with Gasteiger partial charge in [0.1, 0.15) is 0 Å². The van der Waals surface area contributed by atoms with Crippen molar-refractivity contribution in [3.63, 3.8) is 0 Å². The Kier molecular flexibility index (Phi) is 4.97. The molecule has 0 aromatic heterocycles. The second kappa shape index (κ2) is 6.02. The van der Waals surface area contributed by atoms with Crippen LogP contribution >= 0.6 is 11.6 Å². The van der Waals surface area contributed by atoms with Crippen molar-refractivity contribution < 1.29 is 0 Å². The molecular weight excluding hydrogens is 206 g/mol. The molecule has 0 aliphatic rings. The minimum absolute atomic E-state index is 0.530. The van der Waals surface area contributed by atoms with Crippen molar-refractivity contribution >= 4 is 17.3 Å². The number of nitrogens with zero attached hydrogens (tertiary/aromatic N) is 1. The molecule has 0 N–H and O–H groups in total. The Morgan fingerprint density at radius 2 is 1.87 bits per heavy atom. The van der Waals surface area contributed by atoms with Gasteiger partial charge in [-0.05, 0) is 30.0 Å². The summed E-state index contributed by atoms with van der Waals surface area (Å²) in [5.41, 5.74) is 2.65. The van der Waals surface area contributed by atoms with Crippen LogP contribution < -0.4 is 4.90 Å². The zero-order valence-corrected chi connectivity index (χ0v) is 10.6. The van der Waals surface area contributed by atoms with Crippen molar-refractivity contribution in [2.75, 3.05) is 24.4 Å². The van der Waals surface area contributed by atoms with Crippen molar-refractivity contribution in [3.05, 3.63) is 29.8 Å². The Hall–Kier alpha value is -0.690. The molecule has 0 radical (unpaired) electrons. The van der Waals surface area contributed by atoms with E-state index in [1.54, 1.807) is 0 Å². The number of halogens is 1. The summed E-state index contributed by atoms with van der Waals surface area (Å²) in [5, 5.41) is 0. The highest BCUT2D eigenvalue weighted by Gasteiger charge is 2.05. The van der Waals surface area contributed by atoms with Gasteiger partial charge in [-0.3, -0.25) is 0 Å². The molecule has 1 aromatic carbocycles. The third-order valence-corrected chi connectivity index (χ3v) is 3.16. The molecule has 0 bridgehead atoms. The Morgan fingerprint density at radius 1 is 1.27 bits per heavy atom. The fourth-order valence-corrected chi connectivity index (χ4v) is 1.71. The van der Waals surface area contributed by atoms with Gasteiger partial charge >= 0.3 is 0 Å². The van der Waals surface area contributed by atoms with Gasteiger partial charge in [0.2, 0.25) is 0 Å². The first kappa shape index (κ1) is 12.4. The SMILES string of the molecule is CCc1ccc(N(C)CC(C)CCl)cc1. The van der Waals surface area contributed by atoms with Gasteiger partial charge in [0.05, 0.1) is 0 Å². The van der Waals surface area contributed by atoms with Crippen LogP contribution in [0.1, 0.15) is 19.4 Å². The zero-order valence-electron chi connectivity index (χ0n) is 9.83. The maximum absolute atomic E-state index is 5.80. The van der Waals surface area contributed by atoms with Gasteiger partial charge in [0, 0.05) is 25.2 Å². The first-order valence-corrected chi connectivity index (χ1v) is 6.06. The molecule has 1 nitrogen and oxygen atoms in total. The van der Waals surface area contributed by atoms with Crippen LogP contribution in [0.25, 0.3) is 0 Å². The molecule has 15 heavy (non-hydrogen) atoms. The summed E-state index contributed by atoms with van der Waals surface area (Å²) in [7, 11) is 2.12. The van der Waals surface area contributed by atoms with Gasteiger partial charge in [0.15, 0.2) is 0 Å². The molecule has 1 atom stereocenters. The second-order valence-electron chi connectivity index (χ2n) is 4.16. The summed E-state index contributed by atoms with van der Waals surface area (Å²) in [5.74, 6) is 1.25. The van der Waals surface area contributed by atoms with Crippen LogP contribution in [0, 0.1) is 5.92 Å². The number of hydrogen-bond donors (Lipinski definition) is 0. The number of hydrogen-bond acceptors (Lipinski definition) is 1. The lowest BCUT2D eigenvalue weighted by atomic mass is 10.1. The van der Waals surface area contributed by atoms with Crippen LogP contribution in [0.5, 0.6) is 0 Å². The maximum Gasteiger partial charge on any atom is 0.0363 e.